The zero-order valence-electron chi connectivity index (χ0n) is 26.5. The first kappa shape index (κ1) is 36.6. The molecule has 46 heavy (non-hydrogen) atoms. The Hall–Kier alpha value is -3.82. The topological polar surface area (TPSA) is 199 Å². The third-order valence-electron chi connectivity index (χ3n) is 6.97. The lowest BCUT2D eigenvalue weighted by molar-refractivity contribution is -0.155. The SMILES string of the molecule is CC(O)C(NC(=O)C1=CC2OCOC2C(OC(=O)c2cccc(C=COCCO)c2)C1)C(=O)NC(CO)CCC(=O)OC(C)(C)C. The number of benzene rings is 1. The Morgan fingerprint density at radius 1 is 1.13 bits per heavy atom. The molecule has 14 heteroatoms. The smallest absolute Gasteiger partial charge is 0.338 e. The molecule has 0 saturated carbocycles. The molecule has 1 aliphatic carbocycles. The van der Waals surface area contributed by atoms with E-state index in [1.54, 1.807) is 51.1 Å². The number of fused-ring (bicyclic) bond motifs is 1. The number of hydrogen-bond acceptors (Lipinski definition) is 12. The maximum Gasteiger partial charge on any atom is 0.338 e. The molecule has 1 fully saturated rings. The number of rotatable bonds is 15. The van der Waals surface area contributed by atoms with Crippen LogP contribution in [0.15, 0.2) is 42.2 Å². The van der Waals surface area contributed by atoms with Crippen LogP contribution >= 0.6 is 0 Å². The van der Waals surface area contributed by atoms with E-state index in [0.29, 0.717) is 5.56 Å². The number of esters is 2. The van der Waals surface area contributed by atoms with Crippen molar-refractivity contribution in [2.45, 2.75) is 89.1 Å². The number of aliphatic hydroxyl groups excluding tert-OH is 3. The summed E-state index contributed by atoms with van der Waals surface area (Å²) in [5.41, 5.74) is 0.377. The first-order chi connectivity index (χ1) is 21.8. The largest absolute Gasteiger partial charge is 0.499 e. The van der Waals surface area contributed by atoms with Crippen molar-refractivity contribution in [3.63, 3.8) is 0 Å². The van der Waals surface area contributed by atoms with Gasteiger partial charge in [-0.15, -0.1) is 0 Å². The van der Waals surface area contributed by atoms with Crippen LogP contribution in [0, 0.1) is 0 Å². The van der Waals surface area contributed by atoms with Crippen molar-refractivity contribution in [3.8, 4) is 0 Å². The van der Waals surface area contributed by atoms with Crippen molar-refractivity contribution in [1.82, 2.24) is 10.6 Å². The summed E-state index contributed by atoms with van der Waals surface area (Å²) in [6.07, 6.45) is 0.936. The quantitative estimate of drug-likeness (QED) is 0.102. The summed E-state index contributed by atoms with van der Waals surface area (Å²) < 4.78 is 27.3. The van der Waals surface area contributed by atoms with Crippen molar-refractivity contribution < 1.29 is 58.2 Å². The lowest BCUT2D eigenvalue weighted by Gasteiger charge is -2.31. The minimum absolute atomic E-state index is 0.0556. The standard InChI is InChI=1S/C32H44N2O12/c1-19(37)27(30(40)33-23(17-36)8-9-26(38)46-32(2,3)4)34-29(39)22-15-24-28(44-18-43-24)25(16-22)45-31(41)21-7-5-6-20(14-21)10-12-42-13-11-35/h5-7,10,12,14-15,19,23-25,27-28,35-37H,8-9,11,13,16-18H2,1-4H3,(H,33,40)(H,34,39). The second-order valence-corrected chi connectivity index (χ2v) is 11.9. The molecule has 6 unspecified atom stereocenters. The summed E-state index contributed by atoms with van der Waals surface area (Å²) in [5, 5.41) is 34.0. The Kier molecular flexibility index (Phi) is 13.7. The first-order valence-electron chi connectivity index (χ1n) is 15.1. The summed E-state index contributed by atoms with van der Waals surface area (Å²) in [7, 11) is 0. The maximum atomic E-state index is 13.3. The van der Waals surface area contributed by atoms with E-state index in [1.165, 1.54) is 19.3 Å². The Balaban J connectivity index is 1.64. The minimum Gasteiger partial charge on any atom is -0.499 e. The number of ether oxygens (including phenoxy) is 5. The number of carbonyl (C=O) groups excluding carboxylic acids is 4. The van der Waals surface area contributed by atoms with E-state index in [4.69, 9.17) is 28.8 Å². The second-order valence-electron chi connectivity index (χ2n) is 11.9. The highest BCUT2D eigenvalue weighted by molar-refractivity contribution is 5.97. The summed E-state index contributed by atoms with van der Waals surface area (Å²) in [4.78, 5) is 51.6. The first-order valence-corrected chi connectivity index (χ1v) is 15.1. The van der Waals surface area contributed by atoms with Crippen LogP contribution in [0.4, 0.5) is 0 Å². The number of hydrogen-bond donors (Lipinski definition) is 5. The van der Waals surface area contributed by atoms with Gasteiger partial charge in [0.25, 0.3) is 0 Å². The van der Waals surface area contributed by atoms with Crippen LogP contribution in [0.2, 0.25) is 0 Å². The maximum absolute atomic E-state index is 13.3. The Morgan fingerprint density at radius 2 is 1.89 bits per heavy atom. The number of carbonyl (C=O) groups is 4. The fourth-order valence-corrected chi connectivity index (χ4v) is 4.77. The summed E-state index contributed by atoms with van der Waals surface area (Å²) in [5.74, 6) is -2.61. The average molecular weight is 649 g/mol. The van der Waals surface area contributed by atoms with Gasteiger partial charge in [0, 0.05) is 18.4 Å². The molecular formula is C32H44N2O12. The normalized spacial score (nSPS) is 21.4. The molecule has 1 saturated heterocycles. The van der Waals surface area contributed by atoms with Crippen LogP contribution in [0.5, 0.6) is 0 Å². The van der Waals surface area contributed by atoms with Gasteiger partial charge in [-0.25, -0.2) is 4.79 Å². The van der Waals surface area contributed by atoms with Crippen LogP contribution < -0.4 is 10.6 Å². The zero-order chi connectivity index (χ0) is 33.9. The predicted molar refractivity (Wildman–Crippen MR) is 163 cm³/mol. The van der Waals surface area contributed by atoms with E-state index >= 15 is 0 Å². The molecule has 1 aromatic carbocycles. The van der Waals surface area contributed by atoms with Crippen LogP contribution in [-0.4, -0.2) is 108 Å². The molecule has 2 amide bonds. The molecule has 1 aliphatic heterocycles. The third-order valence-corrected chi connectivity index (χ3v) is 6.97. The molecule has 0 spiro atoms. The van der Waals surface area contributed by atoms with Crippen molar-refractivity contribution in [2.24, 2.45) is 0 Å². The lowest BCUT2D eigenvalue weighted by Crippen LogP contribution is -2.55. The van der Waals surface area contributed by atoms with Gasteiger partial charge >= 0.3 is 11.9 Å². The van der Waals surface area contributed by atoms with Crippen LogP contribution in [-0.2, 0) is 38.1 Å². The molecule has 0 bridgehead atoms. The van der Waals surface area contributed by atoms with E-state index < -0.39 is 72.5 Å². The van der Waals surface area contributed by atoms with E-state index in [0.717, 1.165) is 0 Å². The van der Waals surface area contributed by atoms with Gasteiger partial charge in [-0.05, 0) is 64.0 Å². The van der Waals surface area contributed by atoms with Crippen LogP contribution in [0.25, 0.3) is 6.08 Å². The van der Waals surface area contributed by atoms with E-state index in [9.17, 15) is 29.4 Å². The van der Waals surface area contributed by atoms with Gasteiger partial charge in [0.2, 0.25) is 11.8 Å². The highest BCUT2D eigenvalue weighted by atomic mass is 16.7. The molecule has 6 atom stereocenters. The van der Waals surface area contributed by atoms with E-state index in [-0.39, 0.29) is 50.4 Å². The summed E-state index contributed by atoms with van der Waals surface area (Å²) >= 11 is 0. The van der Waals surface area contributed by atoms with Gasteiger partial charge in [0.1, 0.15) is 43.4 Å². The number of nitrogens with one attached hydrogen (secondary N) is 2. The van der Waals surface area contributed by atoms with Gasteiger partial charge in [0.05, 0.1) is 37.2 Å². The van der Waals surface area contributed by atoms with E-state index in [1.807, 2.05) is 0 Å². The fourth-order valence-electron chi connectivity index (χ4n) is 4.77. The molecule has 2 aliphatic rings. The van der Waals surface area contributed by atoms with Gasteiger partial charge in [-0.1, -0.05) is 12.1 Å². The third kappa shape index (κ3) is 11.2. The molecule has 0 aromatic heterocycles. The molecule has 5 N–H and O–H groups in total. The highest BCUT2D eigenvalue weighted by Crippen LogP contribution is 2.31. The number of amides is 2. The monoisotopic (exact) mass is 648 g/mol. The Morgan fingerprint density at radius 3 is 2.57 bits per heavy atom. The van der Waals surface area contributed by atoms with Crippen LogP contribution in [0.1, 0.15) is 62.9 Å². The molecule has 14 nitrogen and oxygen atoms in total. The highest BCUT2D eigenvalue weighted by Gasteiger charge is 2.43. The Bertz CT molecular complexity index is 1270. The Labute approximate surface area is 267 Å². The fraction of sp³-hybridized carbons (Fsp3) is 0.562. The van der Waals surface area contributed by atoms with Gasteiger partial charge in [-0.3, -0.25) is 14.4 Å². The predicted octanol–water partition coefficient (Wildman–Crippen LogP) is 0.728. The van der Waals surface area contributed by atoms with Gasteiger partial charge in [0.15, 0.2) is 0 Å². The van der Waals surface area contributed by atoms with Crippen molar-refractivity contribution in [2.75, 3.05) is 26.6 Å². The minimum atomic E-state index is -1.40. The van der Waals surface area contributed by atoms with Crippen LogP contribution in [0.3, 0.4) is 0 Å². The van der Waals surface area contributed by atoms with Crippen molar-refractivity contribution in [3.05, 3.63) is 53.3 Å². The molecule has 3 rings (SSSR count). The van der Waals surface area contributed by atoms with Gasteiger partial charge < -0.3 is 49.6 Å². The molecule has 1 heterocycles. The molecule has 1 aromatic rings. The van der Waals surface area contributed by atoms with Crippen molar-refractivity contribution in [1.29, 1.82) is 0 Å². The molecular weight excluding hydrogens is 604 g/mol. The number of aliphatic hydroxyl groups is 3. The van der Waals surface area contributed by atoms with Crippen molar-refractivity contribution >= 4 is 29.8 Å². The lowest BCUT2D eigenvalue weighted by atomic mass is 9.91. The zero-order valence-corrected chi connectivity index (χ0v) is 26.5. The summed E-state index contributed by atoms with van der Waals surface area (Å²) in [6.45, 7) is 5.95. The molecule has 254 valence electrons. The summed E-state index contributed by atoms with van der Waals surface area (Å²) in [6, 6.07) is 4.35. The van der Waals surface area contributed by atoms with Gasteiger partial charge in [-0.2, -0.15) is 0 Å². The molecule has 0 radical (unpaired) electrons. The second kappa shape index (κ2) is 17.2. The average Bonchev–Trinajstić information content (AvgIpc) is 3.48. The van der Waals surface area contributed by atoms with E-state index in [2.05, 4.69) is 10.6 Å².